The van der Waals surface area contributed by atoms with Gasteiger partial charge in [-0.1, -0.05) is 12.1 Å². The van der Waals surface area contributed by atoms with Gasteiger partial charge in [-0.2, -0.15) is 0 Å². The molecule has 6 nitrogen and oxygen atoms in total. The van der Waals surface area contributed by atoms with Crippen molar-refractivity contribution in [2.45, 2.75) is 6.04 Å². The maximum absolute atomic E-state index is 13.3. The normalized spacial score (nSPS) is 16.7. The van der Waals surface area contributed by atoms with E-state index in [4.69, 9.17) is 4.42 Å². The predicted molar refractivity (Wildman–Crippen MR) is 97.4 cm³/mol. The van der Waals surface area contributed by atoms with Crippen molar-refractivity contribution >= 4 is 17.4 Å². The molecule has 2 N–H and O–H groups in total. The summed E-state index contributed by atoms with van der Waals surface area (Å²) in [5.74, 6) is -2.64. The fourth-order valence-corrected chi connectivity index (χ4v) is 3.22. The Hall–Kier alpha value is -3.87. The van der Waals surface area contributed by atoms with Gasteiger partial charge < -0.3 is 14.6 Å². The van der Waals surface area contributed by atoms with Gasteiger partial charge in [0.05, 0.1) is 17.9 Å². The van der Waals surface area contributed by atoms with E-state index in [1.54, 1.807) is 0 Å². The summed E-state index contributed by atoms with van der Waals surface area (Å²) in [6.45, 7) is 0. The molecule has 1 aliphatic heterocycles. The molecule has 1 atom stereocenters. The number of benzene rings is 2. The molecule has 1 amide bonds. The number of nitrogens with zero attached hydrogens (tertiary/aromatic N) is 1. The number of hydrogen-bond donors (Lipinski definition) is 2. The van der Waals surface area contributed by atoms with Gasteiger partial charge in [0.1, 0.15) is 11.6 Å². The first-order valence-electron chi connectivity index (χ1n) is 8.37. The number of amides is 1. The van der Waals surface area contributed by atoms with Crippen LogP contribution in [-0.4, -0.2) is 21.9 Å². The SMILES string of the molecule is O=C(C1=C(O)C(=O)N(c2ccc(F)cc2)C1c1ccc(O)cc1)c1ccco1. The minimum atomic E-state index is -0.976. The number of phenols is 1. The summed E-state index contributed by atoms with van der Waals surface area (Å²) in [5, 5.41) is 20.1. The first-order valence-corrected chi connectivity index (χ1v) is 8.37. The second-order valence-corrected chi connectivity index (χ2v) is 6.21. The molecule has 3 aromatic rings. The number of furan rings is 1. The number of phenolic OH excluding ortho intramolecular Hbond substituents is 1. The van der Waals surface area contributed by atoms with Crippen LogP contribution in [0, 0.1) is 5.82 Å². The second kappa shape index (κ2) is 6.70. The van der Waals surface area contributed by atoms with Crippen molar-refractivity contribution in [2.75, 3.05) is 4.90 Å². The minimum Gasteiger partial charge on any atom is -0.508 e. The molecule has 0 radical (unpaired) electrons. The number of rotatable bonds is 4. The van der Waals surface area contributed by atoms with E-state index in [1.807, 2.05) is 0 Å². The lowest BCUT2D eigenvalue weighted by atomic mass is 9.94. The van der Waals surface area contributed by atoms with Crippen LogP contribution >= 0.6 is 0 Å². The van der Waals surface area contributed by atoms with Crippen molar-refractivity contribution in [3.8, 4) is 5.75 Å². The largest absolute Gasteiger partial charge is 0.508 e. The van der Waals surface area contributed by atoms with Gasteiger partial charge in [-0.15, -0.1) is 0 Å². The Labute approximate surface area is 158 Å². The summed E-state index contributed by atoms with van der Waals surface area (Å²) in [6, 6.07) is 13.0. The van der Waals surface area contributed by atoms with Gasteiger partial charge in [0.25, 0.3) is 5.91 Å². The van der Waals surface area contributed by atoms with Crippen LogP contribution in [0.2, 0.25) is 0 Å². The van der Waals surface area contributed by atoms with Crippen LogP contribution in [0.5, 0.6) is 5.75 Å². The summed E-state index contributed by atoms with van der Waals surface area (Å²) in [4.78, 5) is 27.0. The van der Waals surface area contributed by atoms with Crippen LogP contribution in [0.3, 0.4) is 0 Å². The number of anilines is 1. The van der Waals surface area contributed by atoms with Crippen molar-refractivity contribution in [1.29, 1.82) is 0 Å². The summed E-state index contributed by atoms with van der Waals surface area (Å²) in [6.07, 6.45) is 1.31. The lowest BCUT2D eigenvalue weighted by molar-refractivity contribution is -0.117. The zero-order valence-electron chi connectivity index (χ0n) is 14.4. The summed E-state index contributed by atoms with van der Waals surface area (Å²) >= 11 is 0. The van der Waals surface area contributed by atoms with E-state index >= 15 is 0 Å². The van der Waals surface area contributed by atoms with E-state index in [1.165, 1.54) is 71.8 Å². The van der Waals surface area contributed by atoms with Crippen molar-refractivity contribution in [2.24, 2.45) is 0 Å². The molecule has 2 heterocycles. The smallest absolute Gasteiger partial charge is 0.294 e. The predicted octanol–water partition coefficient (Wildman–Crippen LogP) is 3.91. The molecule has 1 unspecified atom stereocenters. The van der Waals surface area contributed by atoms with Crippen LogP contribution in [0.15, 0.2) is 82.7 Å². The quantitative estimate of drug-likeness (QED) is 0.671. The Kier molecular flexibility index (Phi) is 4.19. The Balaban J connectivity index is 1.88. The average Bonchev–Trinajstić information content (AvgIpc) is 3.31. The first kappa shape index (κ1) is 17.5. The Bertz CT molecular complexity index is 1070. The zero-order chi connectivity index (χ0) is 19.8. The van der Waals surface area contributed by atoms with Gasteiger partial charge in [0, 0.05) is 5.69 Å². The van der Waals surface area contributed by atoms with E-state index in [2.05, 4.69) is 0 Å². The molecule has 0 spiro atoms. The number of halogens is 1. The standard InChI is InChI=1S/C21H14FNO5/c22-13-5-7-14(8-6-13)23-18(12-3-9-15(24)10-4-12)17(20(26)21(23)27)19(25)16-2-1-11-28-16/h1-11,18,24,26H. The highest BCUT2D eigenvalue weighted by atomic mass is 19.1. The van der Waals surface area contributed by atoms with E-state index in [-0.39, 0.29) is 17.1 Å². The van der Waals surface area contributed by atoms with Gasteiger partial charge in [0.15, 0.2) is 11.5 Å². The van der Waals surface area contributed by atoms with Crippen molar-refractivity contribution in [3.63, 3.8) is 0 Å². The molecule has 28 heavy (non-hydrogen) atoms. The highest BCUT2D eigenvalue weighted by Crippen LogP contribution is 2.42. The molecule has 0 saturated heterocycles. The topological polar surface area (TPSA) is 91.0 Å². The molecule has 0 aliphatic carbocycles. The number of hydrogen-bond acceptors (Lipinski definition) is 5. The Morgan fingerprint density at radius 1 is 1.00 bits per heavy atom. The number of aromatic hydroxyl groups is 1. The molecule has 1 aromatic heterocycles. The molecular weight excluding hydrogens is 365 g/mol. The molecule has 140 valence electrons. The number of carbonyl (C=O) groups is 2. The van der Waals surface area contributed by atoms with Crippen molar-refractivity contribution < 1.29 is 28.6 Å². The summed E-state index contributed by atoms with van der Waals surface area (Å²) in [5.41, 5.74) is 0.627. The zero-order valence-corrected chi connectivity index (χ0v) is 14.4. The maximum atomic E-state index is 13.3. The Morgan fingerprint density at radius 2 is 1.68 bits per heavy atom. The third-order valence-corrected chi connectivity index (χ3v) is 4.51. The van der Waals surface area contributed by atoms with Crippen molar-refractivity contribution in [3.05, 3.63) is 95.4 Å². The van der Waals surface area contributed by atoms with Crippen LogP contribution in [0.25, 0.3) is 0 Å². The van der Waals surface area contributed by atoms with Gasteiger partial charge in [0.2, 0.25) is 5.78 Å². The van der Waals surface area contributed by atoms with Crippen LogP contribution in [0.1, 0.15) is 22.2 Å². The number of aliphatic hydroxyl groups excluding tert-OH is 1. The molecule has 1 aliphatic rings. The average molecular weight is 379 g/mol. The number of Topliss-reactive ketones (excluding diaryl/α,β-unsaturated/α-hetero) is 1. The highest BCUT2D eigenvalue weighted by Gasteiger charge is 2.45. The van der Waals surface area contributed by atoms with Crippen LogP contribution in [0.4, 0.5) is 10.1 Å². The Morgan fingerprint density at radius 3 is 2.29 bits per heavy atom. The second-order valence-electron chi connectivity index (χ2n) is 6.21. The van der Waals surface area contributed by atoms with E-state index in [0.29, 0.717) is 11.3 Å². The number of ketones is 1. The van der Waals surface area contributed by atoms with E-state index < -0.39 is 29.3 Å². The van der Waals surface area contributed by atoms with Crippen LogP contribution in [-0.2, 0) is 4.79 Å². The molecule has 0 bridgehead atoms. The fraction of sp³-hybridized carbons (Fsp3) is 0.0476. The molecular formula is C21H14FNO5. The summed E-state index contributed by atoms with van der Waals surface area (Å²) < 4.78 is 18.5. The highest BCUT2D eigenvalue weighted by molar-refractivity contribution is 6.20. The van der Waals surface area contributed by atoms with Gasteiger partial charge in [-0.25, -0.2) is 4.39 Å². The van der Waals surface area contributed by atoms with Gasteiger partial charge in [-0.3, -0.25) is 14.5 Å². The molecule has 7 heteroatoms. The van der Waals surface area contributed by atoms with E-state index in [9.17, 15) is 24.2 Å². The third kappa shape index (κ3) is 2.83. The fourth-order valence-electron chi connectivity index (χ4n) is 3.22. The maximum Gasteiger partial charge on any atom is 0.294 e. The lowest BCUT2D eigenvalue weighted by Gasteiger charge is -2.26. The molecule has 0 fully saturated rings. The van der Waals surface area contributed by atoms with Gasteiger partial charge >= 0.3 is 0 Å². The third-order valence-electron chi connectivity index (χ3n) is 4.51. The molecule has 4 rings (SSSR count). The number of carbonyl (C=O) groups excluding carboxylic acids is 2. The monoisotopic (exact) mass is 379 g/mol. The van der Waals surface area contributed by atoms with Gasteiger partial charge in [-0.05, 0) is 54.1 Å². The minimum absolute atomic E-state index is 0.00789. The number of aliphatic hydroxyl groups is 1. The van der Waals surface area contributed by atoms with E-state index in [0.717, 1.165) is 0 Å². The van der Waals surface area contributed by atoms with Crippen molar-refractivity contribution in [1.82, 2.24) is 0 Å². The molecule has 2 aromatic carbocycles. The molecule has 0 saturated carbocycles. The lowest BCUT2D eigenvalue weighted by Crippen LogP contribution is -2.31. The summed E-state index contributed by atoms with van der Waals surface area (Å²) in [7, 11) is 0. The first-order chi connectivity index (χ1) is 13.5. The van der Waals surface area contributed by atoms with Crippen LogP contribution < -0.4 is 4.90 Å².